The van der Waals surface area contributed by atoms with Crippen molar-refractivity contribution in [2.24, 2.45) is 0 Å². The highest BCUT2D eigenvalue weighted by atomic mass is 32.2. The third kappa shape index (κ3) is 2.84. The Morgan fingerprint density at radius 2 is 2.00 bits per heavy atom. The van der Waals surface area contributed by atoms with Gasteiger partial charge in [0, 0.05) is 24.2 Å². The quantitative estimate of drug-likeness (QED) is 0.803. The van der Waals surface area contributed by atoms with E-state index in [1.54, 1.807) is 0 Å². The molecule has 2 heterocycles. The van der Waals surface area contributed by atoms with Gasteiger partial charge in [-0.15, -0.1) is 0 Å². The zero-order valence-corrected chi connectivity index (χ0v) is 11.3. The second-order valence-corrected chi connectivity index (χ2v) is 5.65. The van der Waals surface area contributed by atoms with E-state index >= 15 is 0 Å². The van der Waals surface area contributed by atoms with Gasteiger partial charge in [-0.1, -0.05) is 30.3 Å². The summed E-state index contributed by atoms with van der Waals surface area (Å²) in [5, 5.41) is 0. The molecule has 0 aliphatic carbocycles. The zero-order valence-electron chi connectivity index (χ0n) is 10.5. The second-order valence-electron chi connectivity index (χ2n) is 4.57. The minimum Gasteiger partial charge on any atom is -0.456 e. The van der Waals surface area contributed by atoms with E-state index in [-0.39, 0.29) is 12.1 Å². The molecule has 98 valence electrons. The first-order valence-corrected chi connectivity index (χ1v) is 7.46. The number of ether oxygens (including phenoxy) is 1. The Kier molecular flexibility index (Phi) is 3.60. The highest BCUT2D eigenvalue weighted by molar-refractivity contribution is 8.00. The van der Waals surface area contributed by atoms with Crippen LogP contribution in [0.5, 0.6) is 0 Å². The van der Waals surface area contributed by atoms with Crippen molar-refractivity contribution in [3.8, 4) is 0 Å². The summed E-state index contributed by atoms with van der Waals surface area (Å²) in [6.45, 7) is 0.692. The molecule has 3 nitrogen and oxygen atoms in total. The molecule has 0 unspecified atom stereocenters. The Bertz CT molecular complexity index is 561. The number of hydrogen-bond acceptors (Lipinski definition) is 3. The van der Waals surface area contributed by atoms with Crippen LogP contribution >= 0.6 is 11.8 Å². The van der Waals surface area contributed by atoms with Crippen LogP contribution in [-0.4, -0.2) is 28.1 Å². The Balaban J connectivity index is 1.72. The fourth-order valence-electron chi connectivity index (χ4n) is 2.01. The molecule has 1 aliphatic heterocycles. The fourth-order valence-corrected chi connectivity index (χ4v) is 2.58. The first-order valence-electron chi connectivity index (χ1n) is 6.31. The van der Waals surface area contributed by atoms with E-state index in [0.29, 0.717) is 12.2 Å². The van der Waals surface area contributed by atoms with E-state index in [0.717, 1.165) is 11.5 Å². The predicted molar refractivity (Wildman–Crippen MR) is 76.5 cm³/mol. The van der Waals surface area contributed by atoms with Crippen LogP contribution in [0, 0.1) is 0 Å². The van der Waals surface area contributed by atoms with Gasteiger partial charge in [-0.2, -0.15) is 11.8 Å². The molecule has 1 aliphatic rings. The summed E-state index contributed by atoms with van der Waals surface area (Å²) in [5.74, 6) is 1.63. The predicted octanol–water partition coefficient (Wildman–Crippen LogP) is 2.81. The minimum atomic E-state index is -0.216. The Morgan fingerprint density at radius 1 is 1.21 bits per heavy atom. The van der Waals surface area contributed by atoms with Crippen molar-refractivity contribution in [1.29, 1.82) is 0 Å². The van der Waals surface area contributed by atoms with Crippen molar-refractivity contribution in [1.82, 2.24) is 4.57 Å². The summed E-state index contributed by atoms with van der Waals surface area (Å²) in [5.41, 5.74) is 1.80. The second kappa shape index (κ2) is 5.53. The van der Waals surface area contributed by atoms with Crippen LogP contribution in [0.15, 0.2) is 48.7 Å². The smallest absolute Gasteiger partial charge is 0.355 e. The molecule has 0 spiro atoms. The SMILES string of the molecule is O=C(OC1CSC1)c1cccn1Cc1ccccc1. The monoisotopic (exact) mass is 273 g/mol. The van der Waals surface area contributed by atoms with Crippen LogP contribution in [0.4, 0.5) is 0 Å². The maximum absolute atomic E-state index is 12.1. The van der Waals surface area contributed by atoms with E-state index in [1.807, 2.05) is 52.9 Å². The van der Waals surface area contributed by atoms with Crippen LogP contribution in [0.3, 0.4) is 0 Å². The van der Waals surface area contributed by atoms with Crippen molar-refractivity contribution in [2.45, 2.75) is 12.6 Å². The maximum Gasteiger partial charge on any atom is 0.355 e. The molecule has 2 aromatic rings. The van der Waals surface area contributed by atoms with Gasteiger partial charge in [-0.3, -0.25) is 0 Å². The Morgan fingerprint density at radius 3 is 2.68 bits per heavy atom. The number of esters is 1. The molecule has 0 N–H and O–H groups in total. The average Bonchev–Trinajstić information content (AvgIpc) is 2.83. The van der Waals surface area contributed by atoms with Crippen molar-refractivity contribution in [2.75, 3.05) is 11.5 Å². The van der Waals surface area contributed by atoms with Crippen LogP contribution in [0.1, 0.15) is 16.1 Å². The van der Waals surface area contributed by atoms with Gasteiger partial charge in [-0.05, 0) is 17.7 Å². The van der Waals surface area contributed by atoms with E-state index in [2.05, 4.69) is 12.1 Å². The number of rotatable bonds is 4. The largest absolute Gasteiger partial charge is 0.456 e. The number of carbonyl (C=O) groups is 1. The summed E-state index contributed by atoms with van der Waals surface area (Å²) in [4.78, 5) is 12.1. The molecule has 1 aromatic heterocycles. The molecule has 1 aromatic carbocycles. The summed E-state index contributed by atoms with van der Waals surface area (Å²) in [7, 11) is 0. The number of benzene rings is 1. The van der Waals surface area contributed by atoms with E-state index in [4.69, 9.17) is 4.74 Å². The van der Waals surface area contributed by atoms with Gasteiger partial charge in [0.05, 0.1) is 0 Å². The molecular weight excluding hydrogens is 258 g/mol. The van der Waals surface area contributed by atoms with Crippen LogP contribution in [-0.2, 0) is 11.3 Å². The lowest BCUT2D eigenvalue weighted by atomic mass is 10.2. The lowest BCUT2D eigenvalue weighted by Gasteiger charge is -2.24. The van der Waals surface area contributed by atoms with Crippen LogP contribution < -0.4 is 0 Å². The van der Waals surface area contributed by atoms with Crippen molar-refractivity contribution in [3.63, 3.8) is 0 Å². The fraction of sp³-hybridized carbons (Fsp3) is 0.267. The molecule has 4 heteroatoms. The van der Waals surface area contributed by atoms with Gasteiger partial charge < -0.3 is 9.30 Å². The van der Waals surface area contributed by atoms with E-state index < -0.39 is 0 Å². The van der Waals surface area contributed by atoms with Crippen molar-refractivity contribution < 1.29 is 9.53 Å². The van der Waals surface area contributed by atoms with E-state index in [9.17, 15) is 4.79 Å². The van der Waals surface area contributed by atoms with Gasteiger partial charge in [-0.25, -0.2) is 4.79 Å². The topological polar surface area (TPSA) is 31.2 Å². The van der Waals surface area contributed by atoms with Crippen LogP contribution in [0.25, 0.3) is 0 Å². The lowest BCUT2D eigenvalue weighted by Crippen LogP contribution is -2.31. The molecule has 0 atom stereocenters. The standard InChI is InChI=1S/C15H15NO2S/c17-15(18-13-10-19-11-13)14-7-4-8-16(14)9-12-5-2-1-3-6-12/h1-8,13H,9-11H2. The van der Waals surface area contributed by atoms with Gasteiger partial charge in [0.1, 0.15) is 11.8 Å². The Hall–Kier alpha value is -1.68. The molecule has 0 saturated carbocycles. The molecule has 0 bridgehead atoms. The van der Waals surface area contributed by atoms with Crippen molar-refractivity contribution >= 4 is 17.7 Å². The number of carbonyl (C=O) groups excluding carboxylic acids is 1. The molecule has 3 rings (SSSR count). The van der Waals surface area contributed by atoms with Crippen molar-refractivity contribution in [3.05, 3.63) is 59.9 Å². The number of thioether (sulfide) groups is 1. The molecule has 0 radical (unpaired) electrons. The minimum absolute atomic E-state index is 0.0950. The number of aromatic nitrogens is 1. The Labute approximate surface area is 116 Å². The molecular formula is C15H15NO2S. The first kappa shape index (κ1) is 12.4. The molecule has 19 heavy (non-hydrogen) atoms. The van der Waals surface area contributed by atoms with Gasteiger partial charge in [0.15, 0.2) is 0 Å². The highest BCUT2D eigenvalue weighted by Gasteiger charge is 2.24. The number of nitrogens with zero attached hydrogens (tertiary/aromatic N) is 1. The first-order chi connectivity index (χ1) is 9.33. The molecule has 1 saturated heterocycles. The third-order valence-corrected chi connectivity index (χ3v) is 4.33. The van der Waals surface area contributed by atoms with Crippen LogP contribution in [0.2, 0.25) is 0 Å². The third-order valence-electron chi connectivity index (χ3n) is 3.12. The van der Waals surface area contributed by atoms with Gasteiger partial charge in [0.2, 0.25) is 0 Å². The molecule has 0 amide bonds. The summed E-state index contributed by atoms with van der Waals surface area (Å²) >= 11 is 1.81. The highest BCUT2D eigenvalue weighted by Crippen LogP contribution is 2.22. The summed E-state index contributed by atoms with van der Waals surface area (Å²) in [6, 6.07) is 13.8. The maximum atomic E-state index is 12.1. The number of hydrogen-bond donors (Lipinski definition) is 0. The average molecular weight is 273 g/mol. The summed E-state index contributed by atoms with van der Waals surface area (Å²) in [6.07, 6.45) is 2.01. The van der Waals surface area contributed by atoms with Gasteiger partial charge >= 0.3 is 5.97 Å². The van der Waals surface area contributed by atoms with Gasteiger partial charge in [0.25, 0.3) is 0 Å². The molecule has 1 fully saturated rings. The van der Waals surface area contributed by atoms with E-state index in [1.165, 1.54) is 5.56 Å². The lowest BCUT2D eigenvalue weighted by molar-refractivity contribution is 0.0363. The zero-order chi connectivity index (χ0) is 13.1. The summed E-state index contributed by atoms with van der Waals surface area (Å²) < 4.78 is 7.36. The normalized spacial score (nSPS) is 14.9.